The second-order valence-electron chi connectivity index (χ2n) is 7.36. The second kappa shape index (κ2) is 7.01. The van der Waals surface area contributed by atoms with Gasteiger partial charge in [0.25, 0.3) is 0 Å². The average Bonchev–Trinajstić information content (AvgIpc) is 2.53. The Morgan fingerprint density at radius 3 is 2.71 bits per heavy atom. The Morgan fingerprint density at radius 1 is 1.33 bits per heavy atom. The number of benzene rings is 1. The van der Waals surface area contributed by atoms with Crippen LogP contribution in [-0.2, 0) is 0 Å². The molecule has 0 radical (unpaired) electrons. The van der Waals surface area contributed by atoms with Crippen molar-refractivity contribution in [2.45, 2.75) is 64.1 Å². The Hall–Kier alpha value is -1.75. The topological polar surface area (TPSA) is 55.8 Å². The van der Waals surface area contributed by atoms with Gasteiger partial charge in [-0.2, -0.15) is 0 Å². The van der Waals surface area contributed by atoms with Crippen molar-refractivity contribution in [2.75, 3.05) is 23.8 Å². The van der Waals surface area contributed by atoms with Crippen molar-refractivity contribution < 1.29 is 9.90 Å². The highest BCUT2D eigenvalue weighted by molar-refractivity contribution is 5.90. The van der Waals surface area contributed by atoms with Gasteiger partial charge < -0.3 is 20.2 Å². The third-order valence-corrected chi connectivity index (χ3v) is 5.54. The van der Waals surface area contributed by atoms with Gasteiger partial charge in [0.1, 0.15) is 0 Å². The summed E-state index contributed by atoms with van der Waals surface area (Å²) in [6.45, 7) is 5.44. The van der Waals surface area contributed by atoms with E-state index in [1.807, 2.05) is 13.0 Å². The number of urea groups is 1. The standard InChI is InChI=1S/C19H29N3O2/c1-13-10-15(22-9-5-4-6-14(22)2)7-8-18(13)20-19(24)21(3)16-11-17(23)12-16/h7-8,10,14,16-17,23H,4-6,9,11-12H2,1-3H3,(H,20,24). The molecule has 5 nitrogen and oxygen atoms in total. The minimum atomic E-state index is -0.252. The van der Waals surface area contributed by atoms with Crippen molar-refractivity contribution in [1.29, 1.82) is 0 Å². The molecule has 1 saturated carbocycles. The van der Waals surface area contributed by atoms with Gasteiger partial charge in [0.05, 0.1) is 6.10 Å². The first-order valence-electron chi connectivity index (χ1n) is 9.05. The number of carbonyl (C=O) groups excluding carboxylic acids is 1. The zero-order chi connectivity index (χ0) is 17.3. The molecule has 1 saturated heterocycles. The molecule has 2 aliphatic rings. The van der Waals surface area contributed by atoms with E-state index in [1.54, 1.807) is 11.9 Å². The number of carbonyl (C=O) groups is 1. The number of nitrogens with zero attached hydrogens (tertiary/aromatic N) is 2. The normalized spacial score (nSPS) is 26.7. The molecule has 1 heterocycles. The molecular formula is C19H29N3O2. The first-order valence-corrected chi connectivity index (χ1v) is 9.05. The SMILES string of the molecule is Cc1cc(N2CCCCC2C)ccc1NC(=O)N(C)C1CC(O)C1. The Morgan fingerprint density at radius 2 is 2.08 bits per heavy atom. The van der Waals surface area contributed by atoms with Crippen LogP contribution in [0.5, 0.6) is 0 Å². The molecule has 24 heavy (non-hydrogen) atoms. The summed E-state index contributed by atoms with van der Waals surface area (Å²) in [5.41, 5.74) is 3.19. The van der Waals surface area contributed by atoms with Crippen LogP contribution in [0.25, 0.3) is 0 Å². The first-order chi connectivity index (χ1) is 11.5. The van der Waals surface area contributed by atoms with Crippen LogP contribution in [0, 0.1) is 6.92 Å². The predicted octanol–water partition coefficient (Wildman–Crippen LogP) is 3.36. The molecule has 3 rings (SSSR count). The van der Waals surface area contributed by atoms with Crippen LogP contribution in [0.1, 0.15) is 44.6 Å². The fraction of sp³-hybridized carbons (Fsp3) is 0.632. The molecule has 2 N–H and O–H groups in total. The highest BCUT2D eigenvalue weighted by atomic mass is 16.3. The molecule has 1 atom stereocenters. The number of rotatable bonds is 3. The molecule has 1 aliphatic heterocycles. The summed E-state index contributed by atoms with van der Waals surface area (Å²) >= 11 is 0. The lowest BCUT2D eigenvalue weighted by atomic mass is 9.88. The summed E-state index contributed by atoms with van der Waals surface area (Å²) in [5, 5.41) is 12.4. The molecule has 132 valence electrons. The third-order valence-electron chi connectivity index (χ3n) is 5.54. The lowest BCUT2D eigenvalue weighted by Gasteiger charge is -2.38. The maximum Gasteiger partial charge on any atom is 0.321 e. The van der Waals surface area contributed by atoms with Crippen molar-refractivity contribution in [3.05, 3.63) is 23.8 Å². The number of piperidine rings is 1. The molecule has 2 amide bonds. The van der Waals surface area contributed by atoms with E-state index in [-0.39, 0.29) is 18.2 Å². The number of amides is 2. The van der Waals surface area contributed by atoms with Crippen LogP contribution < -0.4 is 10.2 Å². The van der Waals surface area contributed by atoms with E-state index in [1.165, 1.54) is 24.9 Å². The van der Waals surface area contributed by atoms with Crippen LogP contribution in [0.2, 0.25) is 0 Å². The minimum absolute atomic E-state index is 0.103. The number of anilines is 2. The maximum absolute atomic E-state index is 12.4. The highest BCUT2D eigenvalue weighted by Crippen LogP contribution is 2.29. The van der Waals surface area contributed by atoms with Gasteiger partial charge in [-0.1, -0.05) is 0 Å². The van der Waals surface area contributed by atoms with E-state index in [9.17, 15) is 9.90 Å². The molecule has 0 spiro atoms. The van der Waals surface area contributed by atoms with E-state index < -0.39 is 0 Å². The lowest BCUT2D eigenvalue weighted by Crippen LogP contribution is -2.49. The van der Waals surface area contributed by atoms with Crippen LogP contribution in [0.15, 0.2) is 18.2 Å². The number of aryl methyl sites for hydroxylation is 1. The summed E-state index contributed by atoms with van der Waals surface area (Å²) < 4.78 is 0. The van der Waals surface area contributed by atoms with Crippen LogP contribution in [0.3, 0.4) is 0 Å². The molecule has 5 heteroatoms. The average molecular weight is 331 g/mol. The van der Waals surface area contributed by atoms with Gasteiger partial charge in [0, 0.05) is 37.1 Å². The number of hydrogen-bond acceptors (Lipinski definition) is 3. The zero-order valence-corrected chi connectivity index (χ0v) is 15.0. The Kier molecular flexibility index (Phi) is 4.99. The summed E-state index contributed by atoms with van der Waals surface area (Å²) in [4.78, 5) is 16.5. The summed E-state index contributed by atoms with van der Waals surface area (Å²) in [7, 11) is 1.80. The Balaban J connectivity index is 1.65. The van der Waals surface area contributed by atoms with E-state index in [2.05, 4.69) is 29.3 Å². The molecule has 1 aromatic carbocycles. The number of nitrogens with one attached hydrogen (secondary N) is 1. The van der Waals surface area contributed by atoms with Crippen molar-refractivity contribution in [1.82, 2.24) is 4.90 Å². The van der Waals surface area contributed by atoms with Gasteiger partial charge in [-0.3, -0.25) is 0 Å². The van der Waals surface area contributed by atoms with Crippen molar-refractivity contribution >= 4 is 17.4 Å². The molecule has 2 fully saturated rings. The summed E-state index contributed by atoms with van der Waals surface area (Å²) in [6.07, 6.45) is 4.91. The smallest absolute Gasteiger partial charge is 0.321 e. The molecule has 0 bridgehead atoms. The second-order valence-corrected chi connectivity index (χ2v) is 7.36. The van der Waals surface area contributed by atoms with Crippen molar-refractivity contribution in [3.8, 4) is 0 Å². The first kappa shape index (κ1) is 17.1. The predicted molar refractivity (Wildman–Crippen MR) is 97.6 cm³/mol. The fourth-order valence-corrected chi connectivity index (χ4v) is 3.69. The van der Waals surface area contributed by atoms with E-state index in [0.29, 0.717) is 18.9 Å². The summed E-state index contributed by atoms with van der Waals surface area (Å²) in [6, 6.07) is 6.91. The molecule has 1 aliphatic carbocycles. The number of aliphatic hydroxyl groups is 1. The van der Waals surface area contributed by atoms with E-state index >= 15 is 0 Å². The molecule has 0 aromatic heterocycles. The van der Waals surface area contributed by atoms with Gasteiger partial charge in [-0.15, -0.1) is 0 Å². The quantitative estimate of drug-likeness (QED) is 0.893. The number of aliphatic hydroxyl groups excluding tert-OH is 1. The Labute approximate surface area is 144 Å². The largest absolute Gasteiger partial charge is 0.393 e. The molecule has 1 unspecified atom stereocenters. The fourth-order valence-electron chi connectivity index (χ4n) is 3.69. The van der Waals surface area contributed by atoms with Crippen LogP contribution in [0.4, 0.5) is 16.2 Å². The number of hydrogen-bond donors (Lipinski definition) is 2. The van der Waals surface area contributed by atoms with E-state index in [4.69, 9.17) is 0 Å². The monoisotopic (exact) mass is 331 g/mol. The highest BCUT2D eigenvalue weighted by Gasteiger charge is 2.33. The van der Waals surface area contributed by atoms with Gasteiger partial charge in [0.15, 0.2) is 0 Å². The van der Waals surface area contributed by atoms with E-state index in [0.717, 1.165) is 17.8 Å². The minimum Gasteiger partial charge on any atom is -0.393 e. The zero-order valence-electron chi connectivity index (χ0n) is 15.0. The molecular weight excluding hydrogens is 302 g/mol. The Bertz CT molecular complexity index is 598. The van der Waals surface area contributed by atoms with Gasteiger partial charge >= 0.3 is 6.03 Å². The van der Waals surface area contributed by atoms with Crippen molar-refractivity contribution in [2.24, 2.45) is 0 Å². The van der Waals surface area contributed by atoms with Crippen LogP contribution in [-0.4, -0.2) is 47.8 Å². The summed E-state index contributed by atoms with van der Waals surface area (Å²) in [5.74, 6) is 0. The van der Waals surface area contributed by atoms with Gasteiger partial charge in [-0.05, 0) is 69.7 Å². The van der Waals surface area contributed by atoms with Crippen molar-refractivity contribution in [3.63, 3.8) is 0 Å². The third kappa shape index (κ3) is 3.51. The molecule has 1 aromatic rings. The maximum atomic E-state index is 12.4. The van der Waals surface area contributed by atoms with Crippen LogP contribution >= 0.6 is 0 Å². The van der Waals surface area contributed by atoms with Gasteiger partial charge in [0.2, 0.25) is 0 Å². The lowest BCUT2D eigenvalue weighted by molar-refractivity contribution is 0.0282. The van der Waals surface area contributed by atoms with Gasteiger partial charge in [-0.25, -0.2) is 4.79 Å².